The highest BCUT2D eigenvalue weighted by molar-refractivity contribution is 5.48. The number of H-pyrrole nitrogens is 1. The van der Waals surface area contributed by atoms with Gasteiger partial charge in [-0.25, -0.2) is 9.50 Å². The largest absolute Gasteiger partial charge is 0.382 e. The maximum absolute atomic E-state index is 5.63. The maximum Gasteiger partial charge on any atom is 0.254 e. The molecule has 0 saturated carbocycles. The number of rotatable bonds is 0. The van der Waals surface area contributed by atoms with Gasteiger partial charge in [-0.05, 0) is 6.92 Å². The molecule has 11 heavy (non-hydrogen) atoms. The van der Waals surface area contributed by atoms with Crippen molar-refractivity contribution in [1.82, 2.24) is 19.6 Å². The molecule has 0 radical (unpaired) electrons. The van der Waals surface area contributed by atoms with Gasteiger partial charge in [-0.2, -0.15) is 4.98 Å². The summed E-state index contributed by atoms with van der Waals surface area (Å²) in [5.74, 6) is 1.38. The van der Waals surface area contributed by atoms with Crippen LogP contribution in [0.1, 0.15) is 5.69 Å². The number of aromatic amines is 1. The van der Waals surface area contributed by atoms with E-state index in [0.29, 0.717) is 17.5 Å². The molecule has 0 unspecified atom stereocenters. The number of aryl methyl sites for hydroxylation is 1. The third kappa shape index (κ3) is 0.658. The molecule has 2 aromatic heterocycles. The first-order valence-corrected chi connectivity index (χ1v) is 3.14. The van der Waals surface area contributed by atoms with Crippen molar-refractivity contribution >= 4 is 17.5 Å². The Morgan fingerprint density at radius 1 is 1.36 bits per heavy atom. The highest BCUT2D eigenvalue weighted by Gasteiger charge is 2.07. The quantitative estimate of drug-likeness (QED) is 0.475. The molecule has 0 fully saturated rings. The molecule has 58 valence electrons. The zero-order valence-electron chi connectivity index (χ0n) is 6.00. The Morgan fingerprint density at radius 3 is 2.73 bits per heavy atom. The van der Waals surface area contributed by atoms with Crippen LogP contribution >= 0.6 is 0 Å². The van der Waals surface area contributed by atoms with E-state index in [4.69, 9.17) is 11.5 Å². The number of aromatic nitrogens is 4. The van der Waals surface area contributed by atoms with Crippen molar-refractivity contribution in [2.75, 3.05) is 11.5 Å². The van der Waals surface area contributed by atoms with Gasteiger partial charge < -0.3 is 11.5 Å². The molecule has 0 saturated heterocycles. The van der Waals surface area contributed by atoms with E-state index in [2.05, 4.69) is 15.1 Å². The lowest BCUT2D eigenvalue weighted by Crippen LogP contribution is -1.95. The second-order valence-corrected chi connectivity index (χ2v) is 2.33. The van der Waals surface area contributed by atoms with Crippen molar-refractivity contribution < 1.29 is 0 Å². The van der Waals surface area contributed by atoms with Gasteiger partial charge in [0.1, 0.15) is 5.82 Å². The Bertz CT molecular complexity index is 396. The predicted octanol–water partition coefficient (Wildman–Crippen LogP) is -0.470. The number of fused-ring (bicyclic) bond motifs is 1. The average Bonchev–Trinajstić information content (AvgIpc) is 2.37. The molecule has 0 aromatic carbocycles. The van der Waals surface area contributed by atoms with Crippen LogP contribution in [0.4, 0.5) is 11.8 Å². The van der Waals surface area contributed by atoms with Gasteiger partial charge in [0.05, 0.1) is 5.69 Å². The van der Waals surface area contributed by atoms with E-state index in [0.717, 1.165) is 5.69 Å². The Morgan fingerprint density at radius 2 is 2.09 bits per heavy atom. The Balaban J connectivity index is 2.88. The summed E-state index contributed by atoms with van der Waals surface area (Å²) in [4.78, 5) is 7.94. The molecule has 2 aromatic rings. The first-order valence-electron chi connectivity index (χ1n) is 3.14. The highest BCUT2D eigenvalue weighted by atomic mass is 15.4. The predicted molar refractivity (Wildman–Crippen MR) is 40.9 cm³/mol. The van der Waals surface area contributed by atoms with Crippen LogP contribution in [-0.2, 0) is 0 Å². The second-order valence-electron chi connectivity index (χ2n) is 2.33. The van der Waals surface area contributed by atoms with Crippen molar-refractivity contribution in [3.05, 3.63) is 5.69 Å². The van der Waals surface area contributed by atoms with E-state index in [-0.39, 0.29) is 0 Å². The third-order valence-electron chi connectivity index (χ3n) is 1.53. The SMILES string of the molecule is Cc1nc2nc(N)[nH]n2c1N. The van der Waals surface area contributed by atoms with Crippen LogP contribution < -0.4 is 11.5 Å². The number of anilines is 2. The number of hydrogen-bond acceptors (Lipinski definition) is 4. The Labute approximate surface area is 62.2 Å². The molecule has 0 aliphatic heterocycles. The van der Waals surface area contributed by atoms with E-state index in [1.54, 1.807) is 4.52 Å². The fraction of sp³-hybridized carbons (Fsp3) is 0.200. The number of imidazole rings is 1. The minimum absolute atomic E-state index is 0.319. The van der Waals surface area contributed by atoms with E-state index in [1.807, 2.05) is 6.92 Å². The molecule has 5 N–H and O–H groups in total. The number of hydrogen-bond donors (Lipinski definition) is 3. The van der Waals surface area contributed by atoms with Crippen LogP contribution in [0.5, 0.6) is 0 Å². The lowest BCUT2D eigenvalue weighted by Gasteiger charge is -1.88. The van der Waals surface area contributed by atoms with Crippen molar-refractivity contribution in [2.24, 2.45) is 0 Å². The zero-order valence-corrected chi connectivity index (χ0v) is 6.00. The molecular formula is C5H8N6. The van der Waals surface area contributed by atoms with Crippen LogP contribution in [0, 0.1) is 6.92 Å². The molecule has 2 heterocycles. The van der Waals surface area contributed by atoms with Gasteiger partial charge in [-0.3, -0.25) is 5.10 Å². The molecule has 0 aliphatic carbocycles. The topological polar surface area (TPSA) is 98.0 Å². The van der Waals surface area contributed by atoms with Gasteiger partial charge in [0.2, 0.25) is 5.95 Å². The highest BCUT2D eigenvalue weighted by Crippen LogP contribution is 2.11. The van der Waals surface area contributed by atoms with Crippen molar-refractivity contribution in [3.8, 4) is 0 Å². The van der Waals surface area contributed by atoms with Gasteiger partial charge in [-0.15, -0.1) is 0 Å². The van der Waals surface area contributed by atoms with Gasteiger partial charge >= 0.3 is 0 Å². The third-order valence-corrected chi connectivity index (χ3v) is 1.53. The molecule has 2 rings (SSSR count). The standard InChI is InChI=1S/C5H8N6/c1-2-3(6)11-5(8-2)9-4(7)10-11/h6H2,1H3,(H3,7,8,9,10). The van der Waals surface area contributed by atoms with Crippen LogP contribution in [-0.4, -0.2) is 19.6 Å². The first kappa shape index (κ1) is 6.02. The first-order chi connectivity index (χ1) is 5.18. The Hall–Kier alpha value is -1.72. The minimum atomic E-state index is 0.319. The summed E-state index contributed by atoms with van der Waals surface area (Å²) in [6.07, 6.45) is 0. The molecule has 0 atom stereocenters. The number of nitrogens with two attached hydrogens (primary N) is 2. The van der Waals surface area contributed by atoms with Gasteiger partial charge in [0.15, 0.2) is 0 Å². The molecule has 6 nitrogen and oxygen atoms in total. The van der Waals surface area contributed by atoms with Gasteiger partial charge in [0, 0.05) is 0 Å². The van der Waals surface area contributed by atoms with Crippen LogP contribution in [0.15, 0.2) is 0 Å². The lowest BCUT2D eigenvalue weighted by atomic mass is 10.5. The van der Waals surface area contributed by atoms with E-state index < -0.39 is 0 Å². The van der Waals surface area contributed by atoms with Crippen molar-refractivity contribution in [3.63, 3.8) is 0 Å². The number of nitrogen functional groups attached to an aromatic ring is 2. The summed E-state index contributed by atoms with van der Waals surface area (Å²) in [6, 6.07) is 0. The normalized spacial score (nSPS) is 11.0. The molecule has 0 amide bonds. The monoisotopic (exact) mass is 152 g/mol. The molecule has 0 spiro atoms. The molecule has 0 bridgehead atoms. The van der Waals surface area contributed by atoms with Gasteiger partial charge in [-0.1, -0.05) is 0 Å². The summed E-state index contributed by atoms with van der Waals surface area (Å²) < 4.78 is 1.55. The van der Waals surface area contributed by atoms with Crippen LogP contribution in [0.2, 0.25) is 0 Å². The summed E-state index contributed by atoms with van der Waals surface area (Å²) >= 11 is 0. The van der Waals surface area contributed by atoms with Crippen LogP contribution in [0.3, 0.4) is 0 Å². The summed E-state index contributed by atoms with van der Waals surface area (Å²) in [5.41, 5.74) is 11.7. The smallest absolute Gasteiger partial charge is 0.254 e. The molecule has 0 aliphatic rings. The number of nitrogens with zero attached hydrogens (tertiary/aromatic N) is 3. The average molecular weight is 152 g/mol. The molecular weight excluding hydrogens is 144 g/mol. The van der Waals surface area contributed by atoms with Crippen LogP contribution in [0.25, 0.3) is 5.78 Å². The van der Waals surface area contributed by atoms with Crippen molar-refractivity contribution in [2.45, 2.75) is 6.92 Å². The van der Waals surface area contributed by atoms with Crippen molar-refractivity contribution in [1.29, 1.82) is 0 Å². The fourth-order valence-corrected chi connectivity index (χ4v) is 0.959. The Kier molecular flexibility index (Phi) is 0.906. The summed E-state index contributed by atoms with van der Waals surface area (Å²) in [7, 11) is 0. The van der Waals surface area contributed by atoms with E-state index >= 15 is 0 Å². The fourth-order valence-electron chi connectivity index (χ4n) is 0.959. The van der Waals surface area contributed by atoms with E-state index in [1.165, 1.54) is 0 Å². The van der Waals surface area contributed by atoms with Gasteiger partial charge in [0.25, 0.3) is 5.78 Å². The minimum Gasteiger partial charge on any atom is -0.382 e. The zero-order chi connectivity index (χ0) is 8.01. The maximum atomic E-state index is 5.63. The summed E-state index contributed by atoms with van der Waals surface area (Å²) in [5, 5.41) is 2.74. The lowest BCUT2D eigenvalue weighted by molar-refractivity contribution is 0.989. The summed E-state index contributed by atoms with van der Waals surface area (Å²) in [6.45, 7) is 1.81. The molecule has 6 heteroatoms. The number of nitrogens with one attached hydrogen (secondary N) is 1. The second kappa shape index (κ2) is 1.66. The van der Waals surface area contributed by atoms with E-state index in [9.17, 15) is 0 Å².